The second kappa shape index (κ2) is 5.57. The lowest BCUT2D eigenvalue weighted by Gasteiger charge is -2.56. The fourth-order valence-corrected chi connectivity index (χ4v) is 7.68. The number of quaternary nitrogens is 1. The number of carbonyl (C=O) groups excluding carboxylic acids is 1. The molecular weight excluding hydrogens is 316 g/mol. The Bertz CT molecular complexity index is 617. The predicted molar refractivity (Wildman–Crippen MR) is 96.2 cm³/mol. The van der Waals surface area contributed by atoms with Gasteiger partial charge in [0.1, 0.15) is 6.04 Å². The van der Waals surface area contributed by atoms with Gasteiger partial charge in [0, 0.05) is 22.4 Å². The van der Waals surface area contributed by atoms with Gasteiger partial charge in [-0.1, -0.05) is 0 Å². The van der Waals surface area contributed by atoms with Crippen LogP contribution in [0.3, 0.4) is 0 Å². The first kappa shape index (κ1) is 15.4. The van der Waals surface area contributed by atoms with Gasteiger partial charge in [0.05, 0.1) is 6.54 Å². The SMILES string of the molecule is C[C@H]1c2ccsc2CC[NH+]1CC(=O)NC12CC3CC(CC(C3)C1)C2. The largest absolute Gasteiger partial charge is 0.346 e. The fourth-order valence-electron chi connectivity index (χ4n) is 6.70. The molecule has 6 rings (SSSR count). The van der Waals surface area contributed by atoms with E-state index >= 15 is 0 Å². The number of amides is 1. The normalized spacial score (nSPS) is 42.8. The third kappa shape index (κ3) is 2.53. The van der Waals surface area contributed by atoms with Crippen molar-refractivity contribution < 1.29 is 9.69 Å². The molecule has 2 atom stereocenters. The van der Waals surface area contributed by atoms with E-state index in [4.69, 9.17) is 0 Å². The second-order valence-corrected chi connectivity index (χ2v) is 10.1. The van der Waals surface area contributed by atoms with Crippen molar-refractivity contribution in [1.29, 1.82) is 0 Å². The number of fused-ring (bicyclic) bond motifs is 1. The zero-order valence-corrected chi connectivity index (χ0v) is 15.5. The van der Waals surface area contributed by atoms with Gasteiger partial charge >= 0.3 is 0 Å². The van der Waals surface area contributed by atoms with Crippen LogP contribution in [0.15, 0.2) is 11.4 Å². The van der Waals surface area contributed by atoms with E-state index in [-0.39, 0.29) is 5.54 Å². The first-order valence-corrected chi connectivity index (χ1v) is 10.7. The molecule has 0 saturated heterocycles. The van der Waals surface area contributed by atoms with Crippen LogP contribution in [0.4, 0.5) is 0 Å². The molecule has 4 bridgehead atoms. The van der Waals surface area contributed by atoms with Crippen LogP contribution < -0.4 is 10.2 Å². The molecule has 5 aliphatic rings. The summed E-state index contributed by atoms with van der Waals surface area (Å²) in [6, 6.07) is 2.72. The van der Waals surface area contributed by atoms with E-state index in [1.807, 2.05) is 11.3 Å². The topological polar surface area (TPSA) is 33.5 Å². The second-order valence-electron chi connectivity index (χ2n) is 9.10. The van der Waals surface area contributed by atoms with Gasteiger partial charge in [-0.25, -0.2) is 0 Å². The van der Waals surface area contributed by atoms with Gasteiger partial charge in [-0.2, -0.15) is 0 Å². The van der Waals surface area contributed by atoms with Crippen LogP contribution in [0, 0.1) is 17.8 Å². The fraction of sp³-hybridized carbons (Fsp3) is 0.750. The van der Waals surface area contributed by atoms with Crippen molar-refractivity contribution >= 4 is 17.2 Å². The van der Waals surface area contributed by atoms with Crippen molar-refractivity contribution in [2.24, 2.45) is 17.8 Å². The zero-order valence-electron chi connectivity index (χ0n) is 14.6. The van der Waals surface area contributed by atoms with Gasteiger partial charge in [-0.05, 0) is 74.6 Å². The first-order valence-electron chi connectivity index (χ1n) is 9.82. The molecule has 4 fully saturated rings. The summed E-state index contributed by atoms with van der Waals surface area (Å²) in [5, 5.41) is 5.76. The van der Waals surface area contributed by atoms with E-state index in [1.54, 1.807) is 0 Å². The molecule has 1 aliphatic heterocycles. The maximum Gasteiger partial charge on any atom is 0.275 e. The molecule has 4 saturated carbocycles. The molecule has 3 nitrogen and oxygen atoms in total. The Morgan fingerprint density at radius 1 is 1.25 bits per heavy atom. The molecule has 4 heteroatoms. The van der Waals surface area contributed by atoms with Gasteiger partial charge in [-0.3, -0.25) is 4.79 Å². The molecule has 0 aromatic carbocycles. The van der Waals surface area contributed by atoms with Crippen LogP contribution in [0.5, 0.6) is 0 Å². The summed E-state index contributed by atoms with van der Waals surface area (Å²) in [6.07, 6.45) is 9.20. The van der Waals surface area contributed by atoms with Gasteiger partial charge in [0.25, 0.3) is 5.91 Å². The minimum atomic E-state index is 0.165. The van der Waals surface area contributed by atoms with Crippen molar-refractivity contribution in [3.8, 4) is 0 Å². The van der Waals surface area contributed by atoms with Crippen LogP contribution in [-0.2, 0) is 11.2 Å². The maximum atomic E-state index is 12.9. The highest BCUT2D eigenvalue weighted by Crippen LogP contribution is 2.55. The minimum Gasteiger partial charge on any atom is -0.346 e. The molecule has 130 valence electrons. The summed E-state index contributed by atoms with van der Waals surface area (Å²) >= 11 is 1.88. The molecule has 1 aromatic rings. The average molecular weight is 346 g/mol. The van der Waals surface area contributed by atoms with Gasteiger partial charge < -0.3 is 10.2 Å². The summed E-state index contributed by atoms with van der Waals surface area (Å²) in [5.41, 5.74) is 1.64. The molecule has 1 aromatic heterocycles. The molecule has 2 N–H and O–H groups in total. The lowest BCUT2D eigenvalue weighted by molar-refractivity contribution is -0.924. The molecule has 0 spiro atoms. The van der Waals surface area contributed by atoms with E-state index < -0.39 is 0 Å². The monoisotopic (exact) mass is 345 g/mol. The van der Waals surface area contributed by atoms with E-state index in [9.17, 15) is 4.79 Å². The van der Waals surface area contributed by atoms with Gasteiger partial charge in [0.2, 0.25) is 0 Å². The maximum absolute atomic E-state index is 12.9. The number of hydrogen-bond donors (Lipinski definition) is 2. The average Bonchev–Trinajstić information content (AvgIpc) is 2.97. The Morgan fingerprint density at radius 2 is 1.92 bits per heavy atom. The lowest BCUT2D eigenvalue weighted by Crippen LogP contribution is -3.14. The highest BCUT2D eigenvalue weighted by molar-refractivity contribution is 7.10. The van der Waals surface area contributed by atoms with Crippen molar-refractivity contribution in [2.75, 3.05) is 13.1 Å². The Kier molecular flexibility index (Phi) is 3.57. The van der Waals surface area contributed by atoms with Crippen LogP contribution in [0.1, 0.15) is 61.9 Å². The van der Waals surface area contributed by atoms with Crippen molar-refractivity contribution in [2.45, 2.75) is 63.5 Å². The molecule has 1 amide bonds. The Balaban J connectivity index is 1.25. The Labute approximate surface area is 148 Å². The molecule has 2 heterocycles. The number of thiophene rings is 1. The van der Waals surface area contributed by atoms with E-state index in [0.717, 1.165) is 30.7 Å². The number of rotatable bonds is 3. The smallest absolute Gasteiger partial charge is 0.275 e. The summed E-state index contributed by atoms with van der Waals surface area (Å²) in [5.74, 6) is 2.99. The Morgan fingerprint density at radius 3 is 2.58 bits per heavy atom. The molecule has 1 unspecified atom stereocenters. The molecular formula is C20H29N2OS+. The van der Waals surface area contributed by atoms with E-state index in [0.29, 0.717) is 18.5 Å². The van der Waals surface area contributed by atoms with E-state index in [2.05, 4.69) is 23.7 Å². The molecule has 4 aliphatic carbocycles. The summed E-state index contributed by atoms with van der Waals surface area (Å²) in [6.45, 7) is 4.04. The zero-order chi connectivity index (χ0) is 16.3. The van der Waals surface area contributed by atoms with Crippen LogP contribution in [0.25, 0.3) is 0 Å². The van der Waals surface area contributed by atoms with Crippen LogP contribution >= 0.6 is 11.3 Å². The molecule has 0 radical (unpaired) electrons. The third-order valence-electron chi connectivity index (χ3n) is 7.36. The van der Waals surface area contributed by atoms with E-state index in [1.165, 1.54) is 53.9 Å². The quantitative estimate of drug-likeness (QED) is 0.866. The minimum absolute atomic E-state index is 0.165. The number of hydrogen-bond acceptors (Lipinski definition) is 2. The number of carbonyl (C=O) groups is 1. The van der Waals surface area contributed by atoms with Crippen molar-refractivity contribution in [3.63, 3.8) is 0 Å². The lowest BCUT2D eigenvalue weighted by atomic mass is 9.53. The van der Waals surface area contributed by atoms with Crippen molar-refractivity contribution in [3.05, 3.63) is 21.9 Å². The van der Waals surface area contributed by atoms with Crippen LogP contribution in [0.2, 0.25) is 0 Å². The highest BCUT2D eigenvalue weighted by Gasteiger charge is 2.51. The summed E-state index contributed by atoms with van der Waals surface area (Å²) in [4.78, 5) is 15.8. The highest BCUT2D eigenvalue weighted by atomic mass is 32.1. The van der Waals surface area contributed by atoms with Gasteiger partial charge in [0.15, 0.2) is 6.54 Å². The summed E-state index contributed by atoms with van der Waals surface area (Å²) in [7, 11) is 0. The van der Waals surface area contributed by atoms with Crippen molar-refractivity contribution in [1.82, 2.24) is 5.32 Å². The summed E-state index contributed by atoms with van der Waals surface area (Å²) < 4.78 is 0. The predicted octanol–water partition coefficient (Wildman–Crippen LogP) is 2.34. The molecule has 24 heavy (non-hydrogen) atoms. The van der Waals surface area contributed by atoms with Gasteiger partial charge in [-0.15, -0.1) is 11.3 Å². The van der Waals surface area contributed by atoms with Crippen LogP contribution in [-0.4, -0.2) is 24.5 Å². The first-order chi connectivity index (χ1) is 11.6. The Hall–Kier alpha value is -0.870. The standard InChI is InChI=1S/C20H28N2OS/c1-13-17-3-5-24-18(17)2-4-22(13)12-19(23)21-20-9-14-6-15(10-20)8-16(7-14)11-20/h3,5,13-16H,2,4,6-12H2,1H3,(H,21,23)/p+1/t13-,14?,15?,16?,20?/m0/s1. The third-order valence-corrected chi connectivity index (χ3v) is 8.36. The number of nitrogens with one attached hydrogen (secondary N) is 2.